The molecule has 1 aliphatic carbocycles. The van der Waals surface area contributed by atoms with E-state index in [-0.39, 0.29) is 11.8 Å². The van der Waals surface area contributed by atoms with E-state index in [1.165, 1.54) is 32.6 Å². The van der Waals surface area contributed by atoms with Gasteiger partial charge in [0, 0.05) is 30.4 Å². The van der Waals surface area contributed by atoms with Gasteiger partial charge in [0.2, 0.25) is 0 Å². The minimum Gasteiger partial charge on any atom is -0.465 e. The molecule has 0 aromatic heterocycles. The van der Waals surface area contributed by atoms with Gasteiger partial charge in [-0.15, -0.1) is 0 Å². The van der Waals surface area contributed by atoms with E-state index in [1.807, 2.05) is 19.9 Å². The minimum atomic E-state index is -0.417. The predicted molar refractivity (Wildman–Crippen MR) is 176 cm³/mol. The summed E-state index contributed by atoms with van der Waals surface area (Å²) in [6, 6.07) is 7.59. The van der Waals surface area contributed by atoms with Crippen LogP contribution in [0.4, 0.5) is 0 Å². The molecule has 42 heavy (non-hydrogen) atoms. The number of carbonyl (C=O) groups is 2. The number of ether oxygens (including phenoxy) is 1. The summed E-state index contributed by atoms with van der Waals surface area (Å²) in [6.45, 7) is 16.5. The van der Waals surface area contributed by atoms with E-state index in [4.69, 9.17) is 20.9 Å². The summed E-state index contributed by atoms with van der Waals surface area (Å²) in [6.07, 6.45) is 10.7. The van der Waals surface area contributed by atoms with Gasteiger partial charge in [0.15, 0.2) is 0 Å². The first-order valence-corrected chi connectivity index (χ1v) is 14.8. The molecule has 0 bridgehead atoms. The molecular weight excluding hydrogens is 528 g/mol. The van der Waals surface area contributed by atoms with E-state index in [0.29, 0.717) is 28.2 Å². The summed E-state index contributed by atoms with van der Waals surface area (Å²) >= 11 is 0. The van der Waals surface area contributed by atoms with Gasteiger partial charge >= 0.3 is 5.97 Å². The average molecular weight is 583 g/mol. The van der Waals surface area contributed by atoms with Crippen molar-refractivity contribution < 1.29 is 14.3 Å². The lowest BCUT2D eigenvalue weighted by molar-refractivity contribution is -0.104. The number of nitrogens with two attached hydrogens (primary N) is 1. The first kappa shape index (κ1) is 38.4. The van der Waals surface area contributed by atoms with E-state index < -0.39 is 5.97 Å². The third-order valence-electron chi connectivity index (χ3n) is 6.17. The second kappa shape index (κ2) is 22.1. The highest BCUT2D eigenvalue weighted by atomic mass is 16.5. The van der Waals surface area contributed by atoms with Gasteiger partial charge in [-0.25, -0.2) is 4.79 Å². The zero-order valence-corrected chi connectivity index (χ0v) is 27.1. The molecule has 1 aliphatic heterocycles. The highest BCUT2D eigenvalue weighted by Gasteiger charge is 2.25. The molecule has 2 aliphatic rings. The van der Waals surface area contributed by atoms with E-state index >= 15 is 0 Å². The summed E-state index contributed by atoms with van der Waals surface area (Å²) in [5, 5.41) is 11.7. The van der Waals surface area contributed by atoms with Crippen molar-refractivity contribution in [3.05, 3.63) is 71.6 Å². The van der Waals surface area contributed by atoms with Crippen LogP contribution in [0.15, 0.2) is 65.5 Å². The molecule has 0 radical (unpaired) electrons. The minimum absolute atomic E-state index is 0.140. The first-order chi connectivity index (χ1) is 20.1. The van der Waals surface area contributed by atoms with Gasteiger partial charge in [0.1, 0.15) is 12.1 Å². The molecule has 3 rings (SSSR count). The maximum absolute atomic E-state index is 11.6. The Morgan fingerprint density at radius 2 is 1.79 bits per heavy atom. The van der Waals surface area contributed by atoms with Crippen LogP contribution < -0.4 is 11.1 Å². The van der Waals surface area contributed by atoms with E-state index in [1.54, 1.807) is 37.3 Å². The molecule has 1 aromatic rings. The number of nitrogens with one attached hydrogen (secondary N) is 2. The molecule has 1 aromatic carbocycles. The third kappa shape index (κ3) is 14.4. The number of allylic oxidation sites excluding steroid dienone is 2. The molecule has 1 atom stereocenters. The van der Waals surface area contributed by atoms with Gasteiger partial charge in [-0.3, -0.25) is 20.1 Å². The Labute approximate surface area is 254 Å². The smallest absolute Gasteiger partial charge is 0.337 e. The van der Waals surface area contributed by atoms with Crippen LogP contribution in [0.25, 0.3) is 0 Å². The number of carbonyl (C=O) groups excluding carboxylic acids is 2. The first-order valence-electron chi connectivity index (χ1n) is 14.8. The van der Waals surface area contributed by atoms with Gasteiger partial charge in [-0.05, 0) is 71.2 Å². The van der Waals surface area contributed by atoms with Crippen molar-refractivity contribution in [3.8, 4) is 0 Å². The summed E-state index contributed by atoms with van der Waals surface area (Å²) in [4.78, 5) is 30.7. The Bertz CT molecular complexity index is 1050. The normalized spacial score (nSPS) is 17.0. The van der Waals surface area contributed by atoms with Crippen LogP contribution in [0.3, 0.4) is 0 Å². The Morgan fingerprint density at radius 1 is 1.21 bits per heavy atom. The number of aldehydes is 1. The Balaban J connectivity index is 0.000000925. The van der Waals surface area contributed by atoms with Crippen LogP contribution in [-0.4, -0.2) is 86.5 Å². The van der Waals surface area contributed by atoms with Gasteiger partial charge in [0.05, 0.1) is 30.0 Å². The number of benzene rings is 1. The van der Waals surface area contributed by atoms with E-state index in [9.17, 15) is 9.59 Å². The second-order valence-corrected chi connectivity index (χ2v) is 9.97. The number of hydrogen-bond donors (Lipinski definition) is 3. The summed E-state index contributed by atoms with van der Waals surface area (Å²) in [5.41, 5.74) is 8.40. The van der Waals surface area contributed by atoms with Gasteiger partial charge in [-0.2, -0.15) is 0 Å². The van der Waals surface area contributed by atoms with Crippen LogP contribution in [0.1, 0.15) is 76.2 Å². The molecular formula is C33H54N6O3. The number of methoxy groups -OCH3 is 1. The van der Waals surface area contributed by atoms with Crippen molar-refractivity contribution in [1.29, 1.82) is 5.41 Å². The molecule has 4 N–H and O–H groups in total. The lowest BCUT2D eigenvalue weighted by Gasteiger charge is -2.17. The topological polar surface area (TPSA) is 124 Å². The largest absolute Gasteiger partial charge is 0.465 e. The fraction of sp³-hybridized carbons (Fsp3) is 0.515. The lowest BCUT2D eigenvalue weighted by atomic mass is 9.98. The Hall–Kier alpha value is -3.56. The standard InChI is InChI=1S/C20H27N5O2.C8H13NO.C3H8.C2H6/c1-5-23-19(24-16-10-11-25(3)12-16)17(13(2)21)18(22)14-6-8-15(9-7-14)20(26)27-4;1-9(8-4-5-8)6-2-3-7-10;1-3-2;1-2/h5-9,16,22H,1,10-12,21H2,2-4H3,(H,23,24);2-3,7-8H,4-6H2,1H3;3H2,1-2H3;1-2H3/b17-13+,22-18?;3-2+;;. The summed E-state index contributed by atoms with van der Waals surface area (Å²) in [5.74, 6) is 0.118. The summed E-state index contributed by atoms with van der Waals surface area (Å²) in [7, 11) is 5.49. The number of rotatable bonds is 10. The highest BCUT2D eigenvalue weighted by molar-refractivity contribution is 6.29. The van der Waals surface area contributed by atoms with E-state index in [0.717, 1.165) is 38.4 Å². The zero-order valence-electron chi connectivity index (χ0n) is 27.1. The number of nitrogens with zero attached hydrogens (tertiary/aromatic N) is 3. The van der Waals surface area contributed by atoms with Gasteiger partial charge in [0.25, 0.3) is 0 Å². The Morgan fingerprint density at radius 3 is 2.21 bits per heavy atom. The quantitative estimate of drug-likeness (QED) is 0.114. The van der Waals surface area contributed by atoms with Gasteiger partial charge in [-0.1, -0.05) is 58.9 Å². The van der Waals surface area contributed by atoms with Crippen molar-refractivity contribution >= 4 is 23.8 Å². The Kier molecular flexibility index (Phi) is 20.2. The second-order valence-electron chi connectivity index (χ2n) is 9.97. The molecule has 0 amide bonds. The van der Waals surface area contributed by atoms with Crippen molar-refractivity contribution in [2.45, 2.75) is 72.4 Å². The number of likely N-dealkylation sites (N-methyl/N-ethyl adjacent to an activating group) is 2. The number of esters is 1. The zero-order chi connectivity index (χ0) is 32.1. The molecule has 1 unspecified atom stereocenters. The molecule has 234 valence electrons. The van der Waals surface area contributed by atoms with Gasteiger partial charge < -0.3 is 20.7 Å². The number of hydrogen-bond acceptors (Lipinski definition) is 8. The van der Waals surface area contributed by atoms with Crippen molar-refractivity contribution in [1.82, 2.24) is 15.1 Å². The molecule has 9 heteroatoms. The van der Waals surface area contributed by atoms with Crippen molar-refractivity contribution in [2.24, 2.45) is 10.7 Å². The average Bonchev–Trinajstić information content (AvgIpc) is 3.76. The molecule has 2 fully saturated rings. The number of aliphatic imine (C=N–C) groups is 1. The van der Waals surface area contributed by atoms with Crippen LogP contribution >= 0.6 is 0 Å². The number of likely N-dealkylation sites (tertiary alicyclic amines) is 1. The van der Waals surface area contributed by atoms with Crippen LogP contribution in [0, 0.1) is 5.41 Å². The third-order valence-corrected chi connectivity index (χ3v) is 6.17. The summed E-state index contributed by atoms with van der Waals surface area (Å²) < 4.78 is 4.71. The fourth-order valence-electron chi connectivity index (χ4n) is 3.95. The number of amidine groups is 1. The van der Waals surface area contributed by atoms with Crippen LogP contribution in [0.2, 0.25) is 0 Å². The molecule has 1 saturated carbocycles. The van der Waals surface area contributed by atoms with Crippen molar-refractivity contribution in [2.75, 3.05) is 40.8 Å². The van der Waals surface area contributed by atoms with Crippen LogP contribution in [0.5, 0.6) is 0 Å². The fourth-order valence-corrected chi connectivity index (χ4v) is 3.95. The lowest BCUT2D eigenvalue weighted by Crippen LogP contribution is -2.30. The van der Waals surface area contributed by atoms with Crippen LogP contribution in [-0.2, 0) is 9.53 Å². The maximum atomic E-state index is 11.6. The molecule has 9 nitrogen and oxygen atoms in total. The highest BCUT2D eigenvalue weighted by Crippen LogP contribution is 2.24. The predicted octanol–water partition coefficient (Wildman–Crippen LogP) is 5.19. The van der Waals surface area contributed by atoms with Crippen molar-refractivity contribution in [3.63, 3.8) is 0 Å². The molecule has 1 saturated heterocycles. The van der Waals surface area contributed by atoms with E-state index in [2.05, 4.69) is 49.6 Å². The SMILES string of the molecule is C=CNC(=NC1CCN(C)C1)/C(C(=N)c1ccc(C(=O)OC)cc1)=C(\C)N.CC.CCC.CN(C/C=C/C=O)C1CC1. The molecule has 1 heterocycles. The monoisotopic (exact) mass is 582 g/mol. The molecule has 0 spiro atoms. The maximum Gasteiger partial charge on any atom is 0.337 e.